The average molecular weight is 1800 g/mol. The molecule has 7 nitrogen and oxygen atoms in total. The molecule has 141 heavy (non-hydrogen) atoms. The van der Waals surface area contributed by atoms with Crippen LogP contribution in [0.4, 0.5) is 0 Å². The molecule has 0 saturated carbocycles. The third-order valence-electron chi connectivity index (χ3n) is 28.0. The van der Waals surface area contributed by atoms with Gasteiger partial charge in [-0.3, -0.25) is 0 Å². The highest BCUT2D eigenvalue weighted by Crippen LogP contribution is 2.53. The van der Waals surface area contributed by atoms with Gasteiger partial charge in [0.15, 0.2) is 29.1 Å². The minimum absolute atomic E-state index is 0.0477. The molecule has 660 valence electrons. The van der Waals surface area contributed by atoms with E-state index in [0.717, 1.165) is 139 Å². The van der Waals surface area contributed by atoms with Crippen LogP contribution in [0, 0.1) is 0 Å². The summed E-state index contributed by atoms with van der Waals surface area (Å²) in [5.74, 6) is 3.45. The fourth-order valence-corrected chi connectivity index (χ4v) is 21.1. The molecule has 0 bridgehead atoms. The molecule has 27 rings (SSSR count). The molecule has 0 saturated heterocycles. The minimum atomic E-state index is -0.0477. The summed E-state index contributed by atoms with van der Waals surface area (Å²) in [4.78, 5) is 36.2. The van der Waals surface area contributed by atoms with E-state index in [4.69, 9.17) is 34.9 Å². The Morgan fingerprint density at radius 2 is 0.518 bits per heavy atom. The van der Waals surface area contributed by atoms with Gasteiger partial charge in [-0.25, -0.2) is 34.9 Å². The number of nitrogens with zero attached hydrogens (tertiary/aromatic N) is 7. The van der Waals surface area contributed by atoms with E-state index in [1.54, 1.807) is 0 Å². The van der Waals surface area contributed by atoms with Crippen LogP contribution in [-0.2, 0) is 5.41 Å². The van der Waals surface area contributed by atoms with E-state index in [-0.39, 0.29) is 5.41 Å². The van der Waals surface area contributed by atoms with Crippen molar-refractivity contribution in [2.45, 2.75) is 19.3 Å². The lowest BCUT2D eigenvalue weighted by Crippen LogP contribution is -2.14. The molecule has 0 fully saturated rings. The number of rotatable bonds is 14. The monoisotopic (exact) mass is 1800 g/mol. The topological polar surface area (TPSA) is 90.2 Å². The van der Waals surface area contributed by atoms with E-state index in [9.17, 15) is 0 Å². The van der Waals surface area contributed by atoms with E-state index in [0.29, 0.717) is 23.3 Å². The second-order valence-corrected chi connectivity index (χ2v) is 36.9. The van der Waals surface area contributed by atoms with Crippen molar-refractivity contribution in [1.29, 1.82) is 0 Å². The summed E-state index contributed by atoms with van der Waals surface area (Å²) in [5, 5.41) is 19.3. The first-order valence-corrected chi connectivity index (χ1v) is 48.1. The Morgan fingerprint density at radius 3 is 1.21 bits per heavy atom. The van der Waals surface area contributed by atoms with Crippen LogP contribution in [0.5, 0.6) is 0 Å². The maximum absolute atomic E-state index is 5.32. The second kappa shape index (κ2) is 36.0. The zero-order chi connectivity index (χ0) is 93.9. The van der Waals surface area contributed by atoms with Crippen molar-refractivity contribution >= 4 is 86.2 Å². The second-order valence-electron chi connectivity index (χ2n) is 36.9. The zero-order valence-electron chi connectivity index (χ0n) is 77.6. The molecular weight excluding hydrogens is 1710 g/mol. The fraction of sp³-hybridized carbons (Fsp3) is 0.0224. The third-order valence-corrected chi connectivity index (χ3v) is 28.0. The van der Waals surface area contributed by atoms with Crippen LogP contribution in [0.25, 0.3) is 255 Å². The van der Waals surface area contributed by atoms with Gasteiger partial charge in [-0.1, -0.05) is 457 Å². The Balaban J connectivity index is 0.000000115. The van der Waals surface area contributed by atoms with Crippen molar-refractivity contribution in [3.63, 3.8) is 0 Å². The molecule has 3 aromatic heterocycles. The number of aromatic nitrogens is 7. The van der Waals surface area contributed by atoms with Gasteiger partial charge in [-0.2, -0.15) is 0 Å². The normalized spacial score (nSPS) is 12.0. The summed E-state index contributed by atoms with van der Waals surface area (Å²) >= 11 is 0. The van der Waals surface area contributed by atoms with Gasteiger partial charge < -0.3 is 0 Å². The van der Waals surface area contributed by atoms with E-state index in [2.05, 4.69) is 487 Å². The van der Waals surface area contributed by atoms with Crippen LogP contribution in [-0.4, -0.2) is 34.9 Å². The minimum Gasteiger partial charge on any atom is -0.228 e. The van der Waals surface area contributed by atoms with E-state index >= 15 is 0 Å². The van der Waals surface area contributed by atoms with Crippen LogP contribution in [0.1, 0.15) is 25.0 Å². The van der Waals surface area contributed by atoms with Crippen molar-refractivity contribution in [3.05, 3.63) is 515 Å². The number of hydrogen-bond donors (Lipinski definition) is 0. The molecule has 0 unspecified atom stereocenters. The molecule has 23 aromatic carbocycles. The molecule has 0 aliphatic heterocycles. The highest BCUT2D eigenvalue weighted by molar-refractivity contribution is 6.26. The van der Waals surface area contributed by atoms with Gasteiger partial charge in [-0.05, 0) is 225 Å². The maximum Gasteiger partial charge on any atom is 0.164 e. The van der Waals surface area contributed by atoms with E-state index < -0.39 is 0 Å². The standard InChI is InChI=1S/C59H42N2.C40H26N2.C35H21N3/c1-59(2)53-28-12-11-26-52(53)57-51(27-15-29-54(57)59)46-25-14-23-44(33-46)43-22-13-24-45(32-43)49-35-48(39-16-5-3-6-17-39)36-50(37-49)56-38-55(41-19-7-4-8-20-41)60-58(61-56)47-31-30-40-18-9-10-21-42(40)34-47;1-3-13-27(14-4-1)30-18-9-12-22-35(30)39-26-38(29-16-5-2-6-17-29)41-40(42-39)37-25-36-31-19-8-7-15-28(31)23-24-34(36)32-20-10-11-21-33(32)37;1-2-9-26(10-3-1)33-36-34(29-15-7-11-22-8-4-5-14-27(22)29)38-35(37-33)30-21-19-25-17-16-23-12-6-13-24-18-20-28(30)32(25)31(23)24/h3-38H,1-2H3;1-26H;1-21H. The summed E-state index contributed by atoms with van der Waals surface area (Å²) in [7, 11) is 0. The Labute approximate surface area is 817 Å². The lowest BCUT2D eigenvalue weighted by atomic mass is 9.82. The molecule has 0 radical (unpaired) electrons. The highest BCUT2D eigenvalue weighted by Gasteiger charge is 2.37. The summed E-state index contributed by atoms with van der Waals surface area (Å²) in [5.41, 5.74) is 29.9. The molecule has 1 aliphatic carbocycles. The molecule has 0 amide bonds. The Bertz CT molecular complexity index is 9300. The number of benzene rings is 23. The zero-order valence-corrected chi connectivity index (χ0v) is 77.6. The lowest BCUT2D eigenvalue weighted by Gasteiger charge is -2.21. The van der Waals surface area contributed by atoms with Gasteiger partial charge in [0, 0.05) is 55.5 Å². The van der Waals surface area contributed by atoms with Gasteiger partial charge in [0.25, 0.3) is 0 Å². The Hall–Kier alpha value is -18.4. The van der Waals surface area contributed by atoms with Crippen LogP contribution >= 0.6 is 0 Å². The first-order valence-electron chi connectivity index (χ1n) is 48.1. The van der Waals surface area contributed by atoms with E-state index in [1.165, 1.54) is 104 Å². The Morgan fingerprint density at radius 1 is 0.142 bits per heavy atom. The summed E-state index contributed by atoms with van der Waals surface area (Å²) < 4.78 is 0. The summed E-state index contributed by atoms with van der Waals surface area (Å²) in [6.45, 7) is 4.69. The first kappa shape index (κ1) is 84.3. The van der Waals surface area contributed by atoms with Gasteiger partial charge in [-0.15, -0.1) is 0 Å². The molecule has 0 spiro atoms. The van der Waals surface area contributed by atoms with Crippen LogP contribution in [0.3, 0.4) is 0 Å². The van der Waals surface area contributed by atoms with Gasteiger partial charge in [0.2, 0.25) is 0 Å². The highest BCUT2D eigenvalue weighted by atomic mass is 15.0. The maximum atomic E-state index is 5.32. The Kier molecular flexibility index (Phi) is 21.5. The van der Waals surface area contributed by atoms with Crippen molar-refractivity contribution in [2.75, 3.05) is 0 Å². The SMILES string of the molecule is CC1(C)c2ccccc2-c2c(-c3cccc(-c4cccc(-c5cc(-c6ccccc6)cc(-c6cc(-c7ccccc7)nc(-c7ccc8ccccc8c7)n6)c5)c4)c3)cccc21.c1ccc(-c2cc(-c3ccccc3-c3ccccc3)nc(-c3cc4c5ccccc5ccc4c4ccccc34)n2)cc1.c1ccc(-c2nc(-c3cccc4ccccc34)nc(-c3ccc4ccc5cccc6ccc3c4c56)n2)cc1. The van der Waals surface area contributed by atoms with Crippen LogP contribution < -0.4 is 0 Å². The lowest BCUT2D eigenvalue weighted by molar-refractivity contribution is 0.660. The molecule has 3 heterocycles. The van der Waals surface area contributed by atoms with Crippen molar-refractivity contribution in [1.82, 2.24) is 34.9 Å². The van der Waals surface area contributed by atoms with Crippen molar-refractivity contribution in [3.8, 4) is 169 Å². The molecule has 1 aliphatic rings. The average Bonchev–Trinajstić information content (AvgIpc) is 1.68. The largest absolute Gasteiger partial charge is 0.228 e. The van der Waals surface area contributed by atoms with Gasteiger partial charge in [0.05, 0.1) is 22.8 Å². The summed E-state index contributed by atoms with van der Waals surface area (Å²) in [6, 6.07) is 179. The summed E-state index contributed by atoms with van der Waals surface area (Å²) in [6.07, 6.45) is 0. The molecule has 26 aromatic rings. The van der Waals surface area contributed by atoms with Gasteiger partial charge in [0.1, 0.15) is 0 Å². The third kappa shape index (κ3) is 15.9. The molecular formula is C134H89N7. The number of hydrogen-bond acceptors (Lipinski definition) is 7. The van der Waals surface area contributed by atoms with Crippen LogP contribution in [0.2, 0.25) is 0 Å². The fourth-order valence-electron chi connectivity index (χ4n) is 21.1. The number of fused-ring (bicyclic) bond motifs is 10. The van der Waals surface area contributed by atoms with E-state index in [1.807, 2.05) is 30.3 Å². The molecule has 7 heteroatoms. The molecule has 0 atom stereocenters. The molecule has 0 N–H and O–H groups in total. The first-order chi connectivity index (χ1) is 69.6. The predicted molar refractivity (Wildman–Crippen MR) is 589 cm³/mol. The predicted octanol–water partition coefficient (Wildman–Crippen LogP) is 35.1. The van der Waals surface area contributed by atoms with Crippen molar-refractivity contribution in [2.24, 2.45) is 0 Å². The van der Waals surface area contributed by atoms with Gasteiger partial charge >= 0.3 is 0 Å². The smallest absolute Gasteiger partial charge is 0.164 e. The van der Waals surface area contributed by atoms with Crippen molar-refractivity contribution < 1.29 is 0 Å². The van der Waals surface area contributed by atoms with Crippen LogP contribution in [0.15, 0.2) is 504 Å². The quantitative estimate of drug-likeness (QED) is 0.100.